The molecule has 1 saturated heterocycles. The molecule has 1 heterocycles. The van der Waals surface area contributed by atoms with Crippen LogP contribution in [0.5, 0.6) is 0 Å². The normalized spacial score (nSPS) is 22.4. The molecule has 0 radical (unpaired) electrons. The van der Waals surface area contributed by atoms with Crippen molar-refractivity contribution in [3.05, 3.63) is 83.9 Å². The Balaban J connectivity index is 1.91. The van der Waals surface area contributed by atoms with E-state index >= 15 is 0 Å². The summed E-state index contributed by atoms with van der Waals surface area (Å²) in [6.07, 6.45) is 0.554. The zero-order valence-electron chi connectivity index (χ0n) is 11.2. The molecule has 2 heteroatoms. The minimum atomic E-state index is -0.293. The summed E-state index contributed by atoms with van der Waals surface area (Å²) in [6.45, 7) is 3.91. The fourth-order valence-corrected chi connectivity index (χ4v) is 2.65. The van der Waals surface area contributed by atoms with E-state index in [4.69, 9.17) is 4.74 Å². The van der Waals surface area contributed by atoms with Crippen molar-refractivity contribution in [2.45, 2.75) is 18.4 Å². The molecule has 1 fully saturated rings. The second kappa shape index (κ2) is 5.33. The van der Waals surface area contributed by atoms with Crippen molar-refractivity contribution in [3.8, 4) is 0 Å². The number of carbonyl (C=O) groups excluding carboxylic acids is 1. The van der Waals surface area contributed by atoms with Gasteiger partial charge >= 0.3 is 5.97 Å². The quantitative estimate of drug-likeness (QED) is 0.605. The minimum Gasteiger partial charge on any atom is -0.454 e. The van der Waals surface area contributed by atoms with Crippen LogP contribution in [0.1, 0.15) is 29.6 Å². The van der Waals surface area contributed by atoms with Gasteiger partial charge in [0.05, 0.1) is 0 Å². The molecule has 0 N–H and O–H groups in total. The van der Waals surface area contributed by atoms with Crippen molar-refractivity contribution in [1.82, 2.24) is 0 Å². The van der Waals surface area contributed by atoms with Gasteiger partial charge in [-0.05, 0) is 17.5 Å². The maximum absolute atomic E-state index is 12.0. The first kappa shape index (κ1) is 12.7. The van der Waals surface area contributed by atoms with E-state index in [9.17, 15) is 4.79 Å². The number of ether oxygens (including phenoxy) is 1. The van der Waals surface area contributed by atoms with Gasteiger partial charge in [-0.1, -0.05) is 67.2 Å². The molecule has 2 aromatic rings. The van der Waals surface area contributed by atoms with E-state index < -0.39 is 0 Å². The molecular formula is C18H16O2. The Labute approximate surface area is 118 Å². The molecule has 0 aliphatic carbocycles. The zero-order chi connectivity index (χ0) is 13.9. The average Bonchev–Trinajstić information content (AvgIpc) is 2.51. The number of esters is 1. The van der Waals surface area contributed by atoms with Crippen LogP contribution in [-0.2, 0) is 9.53 Å². The third-order valence-corrected chi connectivity index (χ3v) is 3.76. The summed E-state index contributed by atoms with van der Waals surface area (Å²) in [5.74, 6) is -0.262. The van der Waals surface area contributed by atoms with Gasteiger partial charge in [-0.2, -0.15) is 0 Å². The van der Waals surface area contributed by atoms with Gasteiger partial charge in [0.1, 0.15) is 6.10 Å². The molecule has 2 aromatic carbocycles. The Morgan fingerprint density at radius 1 is 0.900 bits per heavy atom. The number of benzene rings is 2. The second-order valence-corrected chi connectivity index (χ2v) is 5.03. The van der Waals surface area contributed by atoms with E-state index in [0.717, 1.165) is 17.5 Å². The lowest BCUT2D eigenvalue weighted by Crippen LogP contribution is -2.25. The summed E-state index contributed by atoms with van der Waals surface area (Å²) >= 11 is 0. The van der Waals surface area contributed by atoms with Crippen molar-refractivity contribution in [3.63, 3.8) is 0 Å². The molecule has 0 spiro atoms. The number of hydrogen-bond acceptors (Lipinski definition) is 2. The van der Waals surface area contributed by atoms with Crippen molar-refractivity contribution in [2.24, 2.45) is 0 Å². The molecule has 2 nitrogen and oxygen atoms in total. The molecule has 2 atom stereocenters. The van der Waals surface area contributed by atoms with Crippen molar-refractivity contribution >= 4 is 5.97 Å². The second-order valence-electron chi connectivity index (χ2n) is 5.03. The Morgan fingerprint density at radius 3 is 2.05 bits per heavy atom. The molecule has 3 rings (SSSR count). The molecule has 2 unspecified atom stereocenters. The van der Waals surface area contributed by atoms with Gasteiger partial charge < -0.3 is 4.74 Å². The maximum Gasteiger partial charge on any atom is 0.334 e. The van der Waals surface area contributed by atoms with Crippen molar-refractivity contribution in [1.29, 1.82) is 0 Å². The Bertz CT molecular complexity index is 616. The third-order valence-electron chi connectivity index (χ3n) is 3.76. The molecular weight excluding hydrogens is 248 g/mol. The topological polar surface area (TPSA) is 26.3 Å². The van der Waals surface area contributed by atoms with Crippen LogP contribution in [0.15, 0.2) is 72.8 Å². The predicted octanol–water partition coefficient (Wildman–Crippen LogP) is 4.01. The average molecular weight is 264 g/mol. The first-order valence-electron chi connectivity index (χ1n) is 6.75. The van der Waals surface area contributed by atoms with Crippen LogP contribution >= 0.6 is 0 Å². The number of cyclic esters (lactones) is 1. The van der Waals surface area contributed by atoms with Crippen molar-refractivity contribution in [2.75, 3.05) is 0 Å². The van der Waals surface area contributed by atoms with Crippen LogP contribution in [-0.4, -0.2) is 5.97 Å². The lowest BCUT2D eigenvalue weighted by Gasteiger charge is -2.31. The fraction of sp³-hybridized carbons (Fsp3) is 0.167. The van der Waals surface area contributed by atoms with Gasteiger partial charge in [-0.3, -0.25) is 0 Å². The lowest BCUT2D eigenvalue weighted by molar-refractivity contribution is -0.148. The zero-order valence-corrected chi connectivity index (χ0v) is 11.2. The first-order valence-corrected chi connectivity index (χ1v) is 6.75. The van der Waals surface area contributed by atoms with E-state index in [-0.39, 0.29) is 18.0 Å². The molecule has 0 aromatic heterocycles. The van der Waals surface area contributed by atoms with Crippen LogP contribution < -0.4 is 0 Å². The molecule has 1 aliphatic heterocycles. The largest absolute Gasteiger partial charge is 0.454 e. The molecule has 0 saturated carbocycles. The standard InChI is InChI=1S/C18H16O2/c1-13-16(14-8-4-2-5-9-14)12-17(20-18(13)19)15-10-6-3-7-11-15/h2-11,16-17H,1,12H2. The van der Waals surface area contributed by atoms with Gasteiger partial charge in [0.25, 0.3) is 0 Å². The van der Waals surface area contributed by atoms with Gasteiger partial charge in [0, 0.05) is 11.5 Å². The van der Waals surface area contributed by atoms with Crippen LogP contribution in [0.25, 0.3) is 0 Å². The SMILES string of the molecule is C=C1C(=O)OC(c2ccccc2)CC1c1ccccc1. The van der Waals surface area contributed by atoms with E-state index in [0.29, 0.717) is 5.57 Å². The molecule has 0 bridgehead atoms. The maximum atomic E-state index is 12.0. The number of hydrogen-bond donors (Lipinski definition) is 0. The molecule has 20 heavy (non-hydrogen) atoms. The summed E-state index contributed by atoms with van der Waals surface area (Å²) in [5, 5.41) is 0. The molecule has 0 amide bonds. The third kappa shape index (κ3) is 2.37. The van der Waals surface area contributed by atoms with Crippen LogP contribution in [0.4, 0.5) is 0 Å². The first-order chi connectivity index (χ1) is 9.75. The van der Waals surface area contributed by atoms with Gasteiger partial charge in [-0.15, -0.1) is 0 Å². The summed E-state index contributed by atoms with van der Waals surface area (Å²) in [6, 6.07) is 19.9. The highest BCUT2D eigenvalue weighted by Gasteiger charge is 2.33. The Morgan fingerprint density at radius 2 is 1.45 bits per heavy atom. The lowest BCUT2D eigenvalue weighted by atomic mass is 9.83. The van der Waals surface area contributed by atoms with Crippen molar-refractivity contribution < 1.29 is 9.53 Å². The van der Waals surface area contributed by atoms with Gasteiger partial charge in [0.2, 0.25) is 0 Å². The summed E-state index contributed by atoms with van der Waals surface area (Å²) < 4.78 is 5.50. The summed E-state index contributed by atoms with van der Waals surface area (Å²) in [4.78, 5) is 12.0. The van der Waals surface area contributed by atoms with E-state index in [1.54, 1.807) is 0 Å². The van der Waals surface area contributed by atoms with Crippen LogP contribution in [0.3, 0.4) is 0 Å². The number of carbonyl (C=O) groups is 1. The highest BCUT2D eigenvalue weighted by atomic mass is 16.5. The van der Waals surface area contributed by atoms with E-state index in [1.807, 2.05) is 60.7 Å². The number of rotatable bonds is 2. The predicted molar refractivity (Wildman–Crippen MR) is 78.2 cm³/mol. The van der Waals surface area contributed by atoms with E-state index in [1.165, 1.54) is 0 Å². The van der Waals surface area contributed by atoms with Gasteiger partial charge in [-0.25, -0.2) is 4.79 Å². The monoisotopic (exact) mass is 264 g/mol. The van der Waals surface area contributed by atoms with E-state index in [2.05, 4.69) is 6.58 Å². The van der Waals surface area contributed by atoms with Gasteiger partial charge in [0.15, 0.2) is 0 Å². The molecule has 100 valence electrons. The highest BCUT2D eigenvalue weighted by Crippen LogP contribution is 2.40. The Kier molecular flexibility index (Phi) is 3.38. The highest BCUT2D eigenvalue weighted by molar-refractivity contribution is 5.90. The summed E-state index contributed by atoms with van der Waals surface area (Å²) in [5.41, 5.74) is 2.70. The van der Waals surface area contributed by atoms with Crippen LogP contribution in [0.2, 0.25) is 0 Å². The minimum absolute atomic E-state index is 0.0302. The smallest absolute Gasteiger partial charge is 0.334 e. The fourth-order valence-electron chi connectivity index (χ4n) is 2.65. The Hall–Kier alpha value is -2.35. The summed E-state index contributed by atoms with van der Waals surface area (Å²) in [7, 11) is 0. The molecule has 1 aliphatic rings. The van der Waals surface area contributed by atoms with Crippen LogP contribution in [0, 0.1) is 0 Å².